The topological polar surface area (TPSA) is 50.7 Å². The molecule has 7 heteroatoms. The number of hydrogen-bond donors (Lipinski definition) is 1. The number of amidine groups is 1. The van der Waals surface area contributed by atoms with E-state index < -0.39 is 0 Å². The summed E-state index contributed by atoms with van der Waals surface area (Å²) in [6.45, 7) is 4.44. The Morgan fingerprint density at radius 3 is 2.91 bits per heavy atom. The third-order valence-electron chi connectivity index (χ3n) is 3.24. The van der Waals surface area contributed by atoms with Crippen LogP contribution in [0.2, 0.25) is 5.02 Å². The van der Waals surface area contributed by atoms with Crippen LogP contribution in [0.25, 0.3) is 0 Å². The number of rotatable bonds is 8. The summed E-state index contributed by atoms with van der Waals surface area (Å²) in [6, 6.07) is 5.23. The van der Waals surface area contributed by atoms with Crippen molar-refractivity contribution in [2.24, 2.45) is 4.99 Å². The number of carbonyl (C=O) groups excluding carboxylic acids is 1. The fourth-order valence-corrected chi connectivity index (χ4v) is 3.07. The van der Waals surface area contributed by atoms with Gasteiger partial charge in [0, 0.05) is 12.1 Å². The Kier molecular flexibility index (Phi) is 9.44. The zero-order chi connectivity index (χ0) is 15.8. The van der Waals surface area contributed by atoms with Crippen molar-refractivity contribution in [1.82, 2.24) is 5.32 Å². The molecule has 4 nitrogen and oxygen atoms in total. The van der Waals surface area contributed by atoms with Crippen LogP contribution in [-0.4, -0.2) is 36.4 Å². The number of nitrogens with one attached hydrogen (secondary N) is 1. The average Bonchev–Trinajstić information content (AvgIpc) is 3.04. The highest BCUT2D eigenvalue weighted by atomic mass is 35.5. The molecule has 0 radical (unpaired) electrons. The number of hydrogen-bond acceptors (Lipinski definition) is 5. The number of halogens is 2. The third-order valence-corrected chi connectivity index (χ3v) is 4.49. The number of carbonyl (C=O) groups is 1. The number of thioether (sulfide) groups is 1. The van der Waals surface area contributed by atoms with Gasteiger partial charge in [-0.3, -0.25) is 9.79 Å². The van der Waals surface area contributed by atoms with Crippen molar-refractivity contribution in [2.75, 3.05) is 25.4 Å². The van der Waals surface area contributed by atoms with Gasteiger partial charge >= 0.3 is 0 Å². The predicted octanol–water partition coefficient (Wildman–Crippen LogP) is 4.21. The SMILES string of the molecule is CCCCCOc1ccc(C(=O)CSC2=NCCN2)cc1Cl.Cl. The van der Waals surface area contributed by atoms with E-state index in [-0.39, 0.29) is 18.2 Å². The second-order valence-electron chi connectivity index (χ2n) is 5.03. The standard InChI is InChI=1S/C16H21ClN2O2S.ClH/c1-2-3-4-9-21-15-6-5-12(10-13(15)17)14(20)11-22-16-18-7-8-19-16;/h5-6,10H,2-4,7-9,11H2,1H3,(H,18,19);1H. The lowest BCUT2D eigenvalue weighted by molar-refractivity contribution is 0.102. The highest BCUT2D eigenvalue weighted by Gasteiger charge is 2.13. The monoisotopic (exact) mass is 376 g/mol. The number of unbranched alkanes of at least 4 members (excludes halogenated alkanes) is 2. The molecular formula is C16H22Cl2N2O2S. The largest absolute Gasteiger partial charge is 0.492 e. The van der Waals surface area contributed by atoms with Gasteiger partial charge in [0.15, 0.2) is 11.0 Å². The second-order valence-corrected chi connectivity index (χ2v) is 6.40. The highest BCUT2D eigenvalue weighted by molar-refractivity contribution is 8.14. The van der Waals surface area contributed by atoms with Crippen molar-refractivity contribution < 1.29 is 9.53 Å². The first-order valence-electron chi connectivity index (χ1n) is 7.57. The zero-order valence-electron chi connectivity index (χ0n) is 13.1. The van der Waals surface area contributed by atoms with Crippen LogP contribution in [0.4, 0.5) is 0 Å². The van der Waals surface area contributed by atoms with Crippen LogP contribution in [0.3, 0.4) is 0 Å². The molecule has 128 valence electrons. The van der Waals surface area contributed by atoms with E-state index in [4.69, 9.17) is 16.3 Å². The summed E-state index contributed by atoms with van der Waals surface area (Å²) in [7, 11) is 0. The van der Waals surface area contributed by atoms with Gasteiger partial charge in [-0.25, -0.2) is 0 Å². The number of ketones is 1. The van der Waals surface area contributed by atoms with Crippen molar-refractivity contribution in [3.8, 4) is 5.75 Å². The van der Waals surface area contributed by atoms with Crippen LogP contribution in [0.15, 0.2) is 23.2 Å². The zero-order valence-corrected chi connectivity index (χ0v) is 15.5. The number of benzene rings is 1. The normalized spacial score (nSPS) is 13.0. The number of ether oxygens (including phenoxy) is 1. The molecule has 1 aliphatic heterocycles. The molecular weight excluding hydrogens is 355 g/mol. The van der Waals surface area contributed by atoms with Gasteiger partial charge in [0.05, 0.1) is 23.9 Å². The van der Waals surface area contributed by atoms with E-state index in [0.717, 1.165) is 37.5 Å². The van der Waals surface area contributed by atoms with E-state index in [2.05, 4.69) is 17.2 Å². The van der Waals surface area contributed by atoms with Gasteiger partial charge in [-0.15, -0.1) is 12.4 Å². The van der Waals surface area contributed by atoms with Crippen molar-refractivity contribution in [3.63, 3.8) is 0 Å². The van der Waals surface area contributed by atoms with Crippen LogP contribution in [0.5, 0.6) is 5.75 Å². The molecule has 2 rings (SSSR count). The number of aliphatic imine (C=N–C) groups is 1. The van der Waals surface area contributed by atoms with Crippen LogP contribution < -0.4 is 10.1 Å². The highest BCUT2D eigenvalue weighted by Crippen LogP contribution is 2.26. The first kappa shape index (κ1) is 20.1. The number of Topliss-reactive ketones (excluding diaryl/α,β-unsaturated/α-hetero) is 1. The maximum Gasteiger partial charge on any atom is 0.173 e. The molecule has 0 saturated carbocycles. The van der Waals surface area contributed by atoms with Gasteiger partial charge in [0.2, 0.25) is 0 Å². The minimum absolute atomic E-state index is 0. The first-order chi connectivity index (χ1) is 10.7. The Morgan fingerprint density at radius 2 is 2.26 bits per heavy atom. The number of nitrogens with zero attached hydrogens (tertiary/aromatic N) is 1. The molecule has 0 fully saturated rings. The van der Waals surface area contributed by atoms with E-state index in [9.17, 15) is 4.79 Å². The van der Waals surface area contributed by atoms with E-state index in [0.29, 0.717) is 28.7 Å². The smallest absolute Gasteiger partial charge is 0.173 e. The van der Waals surface area contributed by atoms with Gasteiger partial charge < -0.3 is 10.1 Å². The summed E-state index contributed by atoms with van der Waals surface area (Å²) in [5.41, 5.74) is 0.608. The van der Waals surface area contributed by atoms with Crippen molar-refractivity contribution in [2.45, 2.75) is 26.2 Å². The van der Waals surface area contributed by atoms with Crippen LogP contribution in [0, 0.1) is 0 Å². The van der Waals surface area contributed by atoms with E-state index in [1.54, 1.807) is 18.2 Å². The molecule has 0 amide bonds. The fourth-order valence-electron chi connectivity index (χ4n) is 2.02. The lowest BCUT2D eigenvalue weighted by atomic mass is 10.1. The van der Waals surface area contributed by atoms with Crippen LogP contribution in [-0.2, 0) is 0 Å². The fraction of sp³-hybridized carbons (Fsp3) is 0.500. The molecule has 1 aliphatic rings. The van der Waals surface area contributed by atoms with Gasteiger partial charge in [-0.2, -0.15) is 0 Å². The molecule has 0 aliphatic carbocycles. The van der Waals surface area contributed by atoms with E-state index in [1.165, 1.54) is 11.8 Å². The minimum Gasteiger partial charge on any atom is -0.492 e. The summed E-state index contributed by atoms with van der Waals surface area (Å²) >= 11 is 7.62. The van der Waals surface area contributed by atoms with Gasteiger partial charge in [0.25, 0.3) is 0 Å². The lowest BCUT2D eigenvalue weighted by Crippen LogP contribution is -2.17. The Bertz CT molecular complexity index is 553. The summed E-state index contributed by atoms with van der Waals surface area (Å²) in [6.07, 6.45) is 3.31. The van der Waals surface area contributed by atoms with Crippen LogP contribution >= 0.6 is 35.8 Å². The Balaban J connectivity index is 0.00000264. The van der Waals surface area contributed by atoms with Gasteiger partial charge in [0.1, 0.15) is 5.75 Å². The molecule has 0 bridgehead atoms. The summed E-state index contributed by atoms with van der Waals surface area (Å²) in [4.78, 5) is 16.4. The quantitative estimate of drug-likeness (QED) is 0.545. The van der Waals surface area contributed by atoms with Crippen molar-refractivity contribution in [3.05, 3.63) is 28.8 Å². The molecule has 0 spiro atoms. The van der Waals surface area contributed by atoms with Crippen LogP contribution in [0.1, 0.15) is 36.5 Å². The Labute approximate surface area is 152 Å². The third kappa shape index (κ3) is 6.61. The molecule has 0 unspecified atom stereocenters. The van der Waals surface area contributed by atoms with Gasteiger partial charge in [-0.1, -0.05) is 43.1 Å². The van der Waals surface area contributed by atoms with Gasteiger partial charge in [-0.05, 0) is 24.6 Å². The molecule has 1 N–H and O–H groups in total. The molecule has 0 aromatic heterocycles. The molecule has 1 aromatic rings. The predicted molar refractivity (Wildman–Crippen MR) is 101 cm³/mol. The maximum absolute atomic E-state index is 12.2. The Hall–Kier alpha value is -0.910. The van der Waals surface area contributed by atoms with Crippen molar-refractivity contribution >= 4 is 46.7 Å². The molecule has 0 saturated heterocycles. The minimum atomic E-state index is 0. The lowest BCUT2D eigenvalue weighted by Gasteiger charge is -2.09. The maximum atomic E-state index is 12.2. The van der Waals surface area contributed by atoms with Crippen molar-refractivity contribution in [1.29, 1.82) is 0 Å². The molecule has 1 heterocycles. The molecule has 23 heavy (non-hydrogen) atoms. The summed E-state index contributed by atoms with van der Waals surface area (Å²) < 4.78 is 5.64. The van der Waals surface area contributed by atoms with E-state index >= 15 is 0 Å². The second kappa shape index (κ2) is 10.8. The summed E-state index contributed by atoms with van der Waals surface area (Å²) in [5, 5.41) is 4.46. The molecule has 1 aromatic carbocycles. The molecule has 0 atom stereocenters. The average molecular weight is 377 g/mol. The summed E-state index contributed by atoms with van der Waals surface area (Å²) in [5.74, 6) is 1.04. The first-order valence-corrected chi connectivity index (χ1v) is 8.93. The Morgan fingerprint density at radius 1 is 1.43 bits per heavy atom. The van der Waals surface area contributed by atoms with E-state index in [1.807, 2.05) is 0 Å².